The molecule has 6 nitrogen and oxygen atoms in total. The van der Waals surface area contributed by atoms with E-state index in [-0.39, 0.29) is 35.0 Å². The zero-order valence-electron chi connectivity index (χ0n) is 21.0. The molecule has 3 fully saturated rings. The van der Waals surface area contributed by atoms with Crippen molar-refractivity contribution in [2.75, 3.05) is 44.7 Å². The summed E-state index contributed by atoms with van der Waals surface area (Å²) in [5.74, 6) is 1.83. The second kappa shape index (κ2) is 10.2. The van der Waals surface area contributed by atoms with Crippen LogP contribution in [0.3, 0.4) is 0 Å². The summed E-state index contributed by atoms with van der Waals surface area (Å²) < 4.78 is 0. The Morgan fingerprint density at radius 3 is 2.28 bits per heavy atom. The molecular formula is C28H34Cl2N4O2. The van der Waals surface area contributed by atoms with Crippen molar-refractivity contribution >= 4 is 40.8 Å². The predicted molar refractivity (Wildman–Crippen MR) is 143 cm³/mol. The monoisotopic (exact) mass is 528 g/mol. The van der Waals surface area contributed by atoms with E-state index < -0.39 is 0 Å². The van der Waals surface area contributed by atoms with E-state index in [0.29, 0.717) is 36.2 Å². The quantitative estimate of drug-likeness (QED) is 0.522. The summed E-state index contributed by atoms with van der Waals surface area (Å²) in [5.41, 5.74) is 1.06. The Labute approximate surface area is 223 Å². The summed E-state index contributed by atoms with van der Waals surface area (Å²) in [4.78, 5) is 37.0. The van der Waals surface area contributed by atoms with Crippen molar-refractivity contribution in [1.82, 2.24) is 14.8 Å². The van der Waals surface area contributed by atoms with Crippen LogP contribution in [0.15, 0.2) is 42.6 Å². The molecule has 0 radical (unpaired) electrons. The molecule has 5 rings (SSSR count). The van der Waals surface area contributed by atoms with Crippen molar-refractivity contribution in [3.63, 3.8) is 0 Å². The van der Waals surface area contributed by atoms with Gasteiger partial charge in [-0.15, -0.1) is 0 Å². The molecule has 2 amide bonds. The van der Waals surface area contributed by atoms with Crippen molar-refractivity contribution < 1.29 is 9.59 Å². The smallest absolute Gasteiger partial charge is 0.228 e. The highest BCUT2D eigenvalue weighted by Crippen LogP contribution is 2.47. The summed E-state index contributed by atoms with van der Waals surface area (Å²) in [6.45, 7) is 5.62. The second-order valence-corrected chi connectivity index (χ2v) is 11.9. The number of anilines is 1. The fourth-order valence-corrected chi connectivity index (χ4v) is 5.97. The predicted octanol–water partition coefficient (Wildman–Crippen LogP) is 5.11. The van der Waals surface area contributed by atoms with Crippen LogP contribution >= 0.6 is 23.2 Å². The standard InChI is InChI=1S/C28H34Cl2N4O2/c1-28(11-12-28)27(36)33-13-9-20(10-14-33)26(35)34-17-21(16-32(2)25-8-7-23(30)15-31-25)24(18-34)19-3-5-22(29)6-4-19/h3-8,15,20-21,24H,9-14,16-18H2,1-2H3/t21-,24+/m0/s1. The van der Waals surface area contributed by atoms with Gasteiger partial charge in [-0.3, -0.25) is 9.59 Å². The molecule has 3 aliphatic rings. The van der Waals surface area contributed by atoms with Gasteiger partial charge in [0.15, 0.2) is 0 Å². The normalized spacial score (nSPS) is 23.6. The summed E-state index contributed by atoms with van der Waals surface area (Å²) >= 11 is 12.2. The van der Waals surface area contributed by atoms with Crippen LogP contribution < -0.4 is 4.90 Å². The molecule has 2 atom stereocenters. The van der Waals surface area contributed by atoms with Gasteiger partial charge in [-0.1, -0.05) is 42.3 Å². The number of benzene rings is 1. The number of halogens is 2. The number of carbonyl (C=O) groups excluding carboxylic acids is 2. The fourth-order valence-electron chi connectivity index (χ4n) is 5.73. The van der Waals surface area contributed by atoms with Crippen molar-refractivity contribution in [2.45, 2.75) is 38.5 Å². The topological polar surface area (TPSA) is 56.8 Å². The van der Waals surface area contributed by atoms with Crippen LogP contribution in [0, 0.1) is 17.3 Å². The SMILES string of the molecule is CN(C[C@H]1CN(C(=O)C2CCN(C(=O)C3(C)CC3)CC2)C[C@@H]1c1ccc(Cl)cc1)c1ccc(Cl)cn1. The summed E-state index contributed by atoms with van der Waals surface area (Å²) in [6.07, 6.45) is 5.15. The highest BCUT2D eigenvalue weighted by atomic mass is 35.5. The molecule has 0 spiro atoms. The number of piperidine rings is 1. The molecule has 2 aliphatic heterocycles. The molecule has 1 aromatic heterocycles. The van der Waals surface area contributed by atoms with Crippen LogP contribution in [0.2, 0.25) is 10.0 Å². The zero-order chi connectivity index (χ0) is 25.4. The molecule has 3 heterocycles. The molecule has 0 N–H and O–H groups in total. The van der Waals surface area contributed by atoms with Gasteiger partial charge in [-0.05, 0) is 55.5 Å². The van der Waals surface area contributed by atoms with Gasteiger partial charge in [0.25, 0.3) is 0 Å². The Balaban J connectivity index is 1.26. The lowest BCUT2D eigenvalue weighted by molar-refractivity contribution is -0.142. The number of amides is 2. The highest BCUT2D eigenvalue weighted by Gasteiger charge is 2.48. The van der Waals surface area contributed by atoms with Crippen molar-refractivity contribution in [2.24, 2.45) is 17.3 Å². The Kier molecular flexibility index (Phi) is 7.19. The van der Waals surface area contributed by atoms with Gasteiger partial charge in [0.05, 0.1) is 5.02 Å². The van der Waals surface area contributed by atoms with Crippen LogP contribution in [-0.2, 0) is 9.59 Å². The van der Waals surface area contributed by atoms with E-state index >= 15 is 0 Å². The van der Waals surface area contributed by atoms with Crippen molar-refractivity contribution in [1.29, 1.82) is 0 Å². The maximum atomic E-state index is 13.6. The number of hydrogen-bond donors (Lipinski definition) is 0. The lowest BCUT2D eigenvalue weighted by Crippen LogP contribution is -2.46. The minimum atomic E-state index is -0.143. The average molecular weight is 530 g/mol. The third kappa shape index (κ3) is 5.35. The number of rotatable bonds is 6. The van der Waals surface area contributed by atoms with Crippen LogP contribution in [0.5, 0.6) is 0 Å². The molecular weight excluding hydrogens is 495 g/mol. The molecule has 36 heavy (non-hydrogen) atoms. The number of nitrogens with zero attached hydrogens (tertiary/aromatic N) is 4. The van der Waals surface area contributed by atoms with Gasteiger partial charge in [-0.25, -0.2) is 4.98 Å². The zero-order valence-corrected chi connectivity index (χ0v) is 22.5. The van der Waals surface area contributed by atoms with E-state index in [2.05, 4.69) is 33.8 Å². The maximum Gasteiger partial charge on any atom is 0.228 e. The molecule has 192 valence electrons. The first-order valence-corrected chi connectivity index (χ1v) is 13.7. The lowest BCUT2D eigenvalue weighted by Gasteiger charge is -2.34. The summed E-state index contributed by atoms with van der Waals surface area (Å²) in [5, 5.41) is 1.33. The summed E-state index contributed by atoms with van der Waals surface area (Å²) in [7, 11) is 2.03. The van der Waals surface area contributed by atoms with E-state index in [1.54, 1.807) is 6.20 Å². The van der Waals surface area contributed by atoms with Gasteiger partial charge in [0.1, 0.15) is 5.82 Å². The number of likely N-dealkylation sites (tertiary alicyclic amines) is 2. The van der Waals surface area contributed by atoms with Crippen LogP contribution in [0.1, 0.15) is 44.1 Å². The Bertz CT molecular complexity index is 1100. The van der Waals surface area contributed by atoms with Crippen molar-refractivity contribution in [3.8, 4) is 0 Å². The molecule has 0 unspecified atom stereocenters. The molecule has 0 bridgehead atoms. The third-order valence-electron chi connectivity index (χ3n) is 8.31. The lowest BCUT2D eigenvalue weighted by atomic mass is 9.88. The molecule has 2 saturated heterocycles. The molecule has 1 aliphatic carbocycles. The van der Waals surface area contributed by atoms with Crippen LogP contribution in [0.4, 0.5) is 5.82 Å². The fraction of sp³-hybridized carbons (Fsp3) is 0.536. The molecule has 1 aromatic carbocycles. The summed E-state index contributed by atoms with van der Waals surface area (Å²) in [6, 6.07) is 11.8. The Morgan fingerprint density at radius 1 is 1.00 bits per heavy atom. The highest BCUT2D eigenvalue weighted by molar-refractivity contribution is 6.30. The molecule has 2 aromatic rings. The van der Waals surface area contributed by atoms with Gasteiger partial charge < -0.3 is 14.7 Å². The van der Waals surface area contributed by atoms with E-state index in [1.807, 2.05) is 36.2 Å². The number of hydrogen-bond acceptors (Lipinski definition) is 4. The largest absolute Gasteiger partial charge is 0.359 e. The Hall–Kier alpha value is -2.31. The van der Waals surface area contributed by atoms with Gasteiger partial charge in [0.2, 0.25) is 11.8 Å². The van der Waals surface area contributed by atoms with E-state index in [9.17, 15) is 9.59 Å². The first kappa shape index (κ1) is 25.3. The number of carbonyl (C=O) groups is 2. The van der Waals surface area contributed by atoms with Crippen LogP contribution in [-0.4, -0.2) is 66.4 Å². The van der Waals surface area contributed by atoms with Crippen molar-refractivity contribution in [3.05, 3.63) is 58.2 Å². The van der Waals surface area contributed by atoms with Crippen LogP contribution in [0.25, 0.3) is 0 Å². The van der Waals surface area contributed by atoms with Gasteiger partial charge in [0, 0.05) is 74.2 Å². The Morgan fingerprint density at radius 2 is 1.67 bits per heavy atom. The van der Waals surface area contributed by atoms with E-state index in [4.69, 9.17) is 23.2 Å². The van der Waals surface area contributed by atoms with E-state index in [1.165, 1.54) is 5.56 Å². The first-order valence-electron chi connectivity index (χ1n) is 12.9. The number of aromatic nitrogens is 1. The van der Waals surface area contributed by atoms with Gasteiger partial charge >= 0.3 is 0 Å². The molecule has 8 heteroatoms. The second-order valence-electron chi connectivity index (χ2n) is 11.0. The molecule has 1 saturated carbocycles. The maximum absolute atomic E-state index is 13.6. The third-order valence-corrected chi connectivity index (χ3v) is 8.79. The first-order chi connectivity index (χ1) is 17.2. The minimum Gasteiger partial charge on any atom is -0.359 e. The number of pyridine rings is 1. The minimum absolute atomic E-state index is 0.0126. The van der Waals surface area contributed by atoms with E-state index in [0.717, 1.165) is 38.0 Å². The average Bonchev–Trinajstić information content (AvgIpc) is 3.51. The van der Waals surface area contributed by atoms with Gasteiger partial charge in [-0.2, -0.15) is 0 Å².